The van der Waals surface area contributed by atoms with Crippen LogP contribution in [0.2, 0.25) is 0 Å². The van der Waals surface area contributed by atoms with Crippen LogP contribution in [0, 0.1) is 6.92 Å². The van der Waals surface area contributed by atoms with Gasteiger partial charge in [0.15, 0.2) is 0 Å². The highest BCUT2D eigenvalue weighted by molar-refractivity contribution is 5.66. The molecule has 0 unspecified atom stereocenters. The zero-order valence-electron chi connectivity index (χ0n) is 11.7. The highest BCUT2D eigenvalue weighted by Gasteiger charge is 2.08. The highest BCUT2D eigenvalue weighted by Crippen LogP contribution is 2.28. The van der Waals surface area contributed by atoms with Gasteiger partial charge in [-0.2, -0.15) is 0 Å². The van der Waals surface area contributed by atoms with Gasteiger partial charge in [-0.05, 0) is 42.8 Å². The standard InChI is InChI=1S/C16H20N2O/c1-12-4-9-16(13(10-12)11-17)18(2)14-5-7-15(19-3)8-6-14/h4-10H,11,17H2,1-3H3. The lowest BCUT2D eigenvalue weighted by molar-refractivity contribution is 0.415. The van der Waals surface area contributed by atoms with Gasteiger partial charge in [-0.3, -0.25) is 0 Å². The molecule has 0 radical (unpaired) electrons. The van der Waals surface area contributed by atoms with Gasteiger partial charge in [-0.25, -0.2) is 0 Å². The molecule has 0 aliphatic heterocycles. The summed E-state index contributed by atoms with van der Waals surface area (Å²) >= 11 is 0. The number of methoxy groups -OCH3 is 1. The van der Waals surface area contributed by atoms with Crippen LogP contribution in [-0.2, 0) is 6.54 Å². The Morgan fingerprint density at radius 1 is 1.11 bits per heavy atom. The van der Waals surface area contributed by atoms with Crippen molar-refractivity contribution in [2.75, 3.05) is 19.1 Å². The fraction of sp³-hybridized carbons (Fsp3) is 0.250. The molecule has 0 saturated carbocycles. The molecule has 2 aromatic carbocycles. The van der Waals surface area contributed by atoms with E-state index in [2.05, 4.69) is 30.0 Å². The number of anilines is 2. The Kier molecular flexibility index (Phi) is 4.07. The van der Waals surface area contributed by atoms with E-state index in [9.17, 15) is 0 Å². The van der Waals surface area contributed by atoms with Crippen molar-refractivity contribution in [2.24, 2.45) is 5.73 Å². The van der Waals surface area contributed by atoms with E-state index >= 15 is 0 Å². The minimum atomic E-state index is 0.539. The van der Waals surface area contributed by atoms with Crippen molar-refractivity contribution in [1.82, 2.24) is 0 Å². The van der Waals surface area contributed by atoms with Gasteiger partial charge in [0.1, 0.15) is 5.75 Å². The second-order valence-corrected chi connectivity index (χ2v) is 4.59. The Morgan fingerprint density at radius 2 is 1.79 bits per heavy atom. The summed E-state index contributed by atoms with van der Waals surface area (Å²) in [7, 11) is 3.72. The van der Waals surface area contributed by atoms with E-state index in [-0.39, 0.29) is 0 Å². The lowest BCUT2D eigenvalue weighted by Crippen LogP contribution is -2.13. The van der Waals surface area contributed by atoms with Gasteiger partial charge < -0.3 is 15.4 Å². The Bertz CT molecular complexity index is 549. The summed E-state index contributed by atoms with van der Waals surface area (Å²) in [5.74, 6) is 0.861. The fourth-order valence-electron chi connectivity index (χ4n) is 2.15. The molecule has 0 heterocycles. The van der Waals surface area contributed by atoms with Crippen LogP contribution in [0.4, 0.5) is 11.4 Å². The molecule has 3 heteroatoms. The first-order valence-corrected chi connectivity index (χ1v) is 6.33. The maximum atomic E-state index is 5.83. The molecule has 3 nitrogen and oxygen atoms in total. The molecule has 0 saturated heterocycles. The summed E-state index contributed by atoms with van der Waals surface area (Å²) in [5.41, 5.74) is 10.5. The number of benzene rings is 2. The van der Waals surface area contributed by atoms with Crippen molar-refractivity contribution in [3.05, 3.63) is 53.6 Å². The molecule has 0 aliphatic rings. The molecule has 2 aromatic rings. The number of nitrogens with zero attached hydrogens (tertiary/aromatic N) is 1. The normalized spacial score (nSPS) is 10.3. The third kappa shape index (κ3) is 2.88. The van der Waals surface area contributed by atoms with Crippen LogP contribution in [0.15, 0.2) is 42.5 Å². The number of rotatable bonds is 4. The van der Waals surface area contributed by atoms with Crippen LogP contribution in [0.5, 0.6) is 5.75 Å². The molecular weight excluding hydrogens is 236 g/mol. The van der Waals surface area contributed by atoms with Crippen LogP contribution in [-0.4, -0.2) is 14.2 Å². The SMILES string of the molecule is COc1ccc(N(C)c2ccc(C)cc2CN)cc1. The molecule has 19 heavy (non-hydrogen) atoms. The largest absolute Gasteiger partial charge is 0.497 e. The van der Waals surface area contributed by atoms with Crippen molar-refractivity contribution < 1.29 is 4.74 Å². The number of ether oxygens (including phenoxy) is 1. The van der Waals surface area contributed by atoms with Crippen LogP contribution in [0.3, 0.4) is 0 Å². The van der Waals surface area contributed by atoms with Crippen LogP contribution < -0.4 is 15.4 Å². The predicted molar refractivity (Wildman–Crippen MR) is 80.1 cm³/mol. The average molecular weight is 256 g/mol. The average Bonchev–Trinajstić information content (AvgIpc) is 2.46. The molecule has 2 rings (SSSR count). The quantitative estimate of drug-likeness (QED) is 0.912. The minimum Gasteiger partial charge on any atom is -0.497 e. The summed E-state index contributed by atoms with van der Waals surface area (Å²) < 4.78 is 5.18. The van der Waals surface area contributed by atoms with E-state index < -0.39 is 0 Å². The molecular formula is C16H20N2O. The third-order valence-corrected chi connectivity index (χ3v) is 3.28. The summed E-state index contributed by atoms with van der Waals surface area (Å²) in [6.45, 7) is 2.62. The monoisotopic (exact) mass is 256 g/mol. The number of nitrogens with two attached hydrogens (primary N) is 1. The van der Waals surface area contributed by atoms with Gasteiger partial charge in [0, 0.05) is 25.0 Å². The first-order chi connectivity index (χ1) is 9.15. The molecule has 0 spiro atoms. The van der Waals surface area contributed by atoms with Crippen molar-refractivity contribution in [3.8, 4) is 5.75 Å². The molecule has 0 amide bonds. The zero-order chi connectivity index (χ0) is 13.8. The second-order valence-electron chi connectivity index (χ2n) is 4.59. The Morgan fingerprint density at radius 3 is 2.37 bits per heavy atom. The first-order valence-electron chi connectivity index (χ1n) is 6.33. The van der Waals surface area contributed by atoms with E-state index in [1.807, 2.05) is 31.3 Å². The Hall–Kier alpha value is -2.00. The van der Waals surface area contributed by atoms with Crippen LogP contribution in [0.25, 0.3) is 0 Å². The van der Waals surface area contributed by atoms with Crippen LogP contribution >= 0.6 is 0 Å². The third-order valence-electron chi connectivity index (χ3n) is 3.28. The van der Waals surface area contributed by atoms with Gasteiger partial charge in [-0.1, -0.05) is 17.7 Å². The van der Waals surface area contributed by atoms with E-state index in [0.717, 1.165) is 22.7 Å². The summed E-state index contributed by atoms with van der Waals surface area (Å²) in [6, 6.07) is 14.4. The van der Waals surface area contributed by atoms with Gasteiger partial charge in [0.2, 0.25) is 0 Å². The molecule has 0 atom stereocenters. The van der Waals surface area contributed by atoms with Crippen molar-refractivity contribution in [3.63, 3.8) is 0 Å². The molecule has 0 aliphatic carbocycles. The molecule has 0 fully saturated rings. The lowest BCUT2D eigenvalue weighted by atomic mass is 10.1. The van der Waals surface area contributed by atoms with Crippen molar-refractivity contribution >= 4 is 11.4 Å². The van der Waals surface area contributed by atoms with Gasteiger partial charge in [0.25, 0.3) is 0 Å². The number of aryl methyl sites for hydroxylation is 1. The summed E-state index contributed by atoms with van der Waals surface area (Å²) in [4.78, 5) is 2.14. The second kappa shape index (κ2) is 5.76. The van der Waals surface area contributed by atoms with E-state index in [1.54, 1.807) is 7.11 Å². The topological polar surface area (TPSA) is 38.5 Å². The zero-order valence-corrected chi connectivity index (χ0v) is 11.7. The smallest absolute Gasteiger partial charge is 0.119 e. The maximum Gasteiger partial charge on any atom is 0.119 e. The van der Waals surface area contributed by atoms with Gasteiger partial charge >= 0.3 is 0 Å². The lowest BCUT2D eigenvalue weighted by Gasteiger charge is -2.23. The number of hydrogen-bond acceptors (Lipinski definition) is 3. The van der Waals surface area contributed by atoms with E-state index in [1.165, 1.54) is 5.56 Å². The molecule has 100 valence electrons. The van der Waals surface area contributed by atoms with Crippen LogP contribution in [0.1, 0.15) is 11.1 Å². The highest BCUT2D eigenvalue weighted by atomic mass is 16.5. The molecule has 2 N–H and O–H groups in total. The predicted octanol–water partition coefficient (Wildman–Crippen LogP) is 3.23. The van der Waals surface area contributed by atoms with Gasteiger partial charge in [0.05, 0.1) is 7.11 Å². The van der Waals surface area contributed by atoms with Gasteiger partial charge in [-0.15, -0.1) is 0 Å². The summed E-state index contributed by atoms with van der Waals surface area (Å²) in [6.07, 6.45) is 0. The number of hydrogen-bond donors (Lipinski definition) is 1. The molecule has 0 aromatic heterocycles. The van der Waals surface area contributed by atoms with E-state index in [0.29, 0.717) is 6.54 Å². The Balaban J connectivity index is 2.34. The Labute approximate surface area is 114 Å². The first kappa shape index (κ1) is 13.4. The van der Waals surface area contributed by atoms with Crippen molar-refractivity contribution in [2.45, 2.75) is 13.5 Å². The minimum absolute atomic E-state index is 0.539. The molecule has 0 bridgehead atoms. The van der Waals surface area contributed by atoms with Crippen molar-refractivity contribution in [1.29, 1.82) is 0 Å². The maximum absolute atomic E-state index is 5.83. The summed E-state index contributed by atoms with van der Waals surface area (Å²) in [5, 5.41) is 0. The fourth-order valence-corrected chi connectivity index (χ4v) is 2.15. The van der Waals surface area contributed by atoms with E-state index in [4.69, 9.17) is 10.5 Å².